The Bertz CT molecular complexity index is 1260. The summed E-state index contributed by atoms with van der Waals surface area (Å²) in [6, 6.07) is 14.1. The highest BCUT2D eigenvalue weighted by Crippen LogP contribution is 2.41. The second-order valence-corrected chi connectivity index (χ2v) is 11.1. The normalized spacial score (nSPS) is 22.1. The second-order valence-electron chi connectivity index (χ2n) is 8.77. The molecule has 5 rings (SSSR count). The number of hydrogen-bond acceptors (Lipinski definition) is 5. The van der Waals surface area contributed by atoms with Gasteiger partial charge in [-0.05, 0) is 61.2 Å². The Morgan fingerprint density at radius 2 is 1.85 bits per heavy atom. The van der Waals surface area contributed by atoms with Gasteiger partial charge in [0.15, 0.2) is 0 Å². The van der Waals surface area contributed by atoms with Gasteiger partial charge in [0, 0.05) is 23.6 Å². The molecule has 2 aromatic carbocycles. The van der Waals surface area contributed by atoms with Crippen molar-refractivity contribution < 1.29 is 17.6 Å². The van der Waals surface area contributed by atoms with Gasteiger partial charge in [-0.2, -0.15) is 5.10 Å². The van der Waals surface area contributed by atoms with Crippen molar-refractivity contribution in [3.8, 4) is 5.69 Å². The van der Waals surface area contributed by atoms with E-state index in [9.17, 15) is 17.6 Å². The highest BCUT2D eigenvalue weighted by Gasteiger charge is 2.40. The van der Waals surface area contributed by atoms with Crippen molar-refractivity contribution in [1.29, 1.82) is 0 Å². The molecular formula is C24H25FN4O3S. The predicted octanol–water partition coefficient (Wildman–Crippen LogP) is 3.29. The fraction of sp³-hybridized carbons (Fsp3) is 0.333. The van der Waals surface area contributed by atoms with E-state index in [1.54, 1.807) is 35.3 Å². The minimum Gasteiger partial charge on any atom is -0.319 e. The number of rotatable bonds is 6. The Balaban J connectivity index is 1.19. The number of hydrogen-bond donors (Lipinski definition) is 2. The molecule has 2 heterocycles. The first-order valence-corrected chi connectivity index (χ1v) is 12.9. The molecule has 0 bridgehead atoms. The van der Waals surface area contributed by atoms with Crippen molar-refractivity contribution in [3.05, 3.63) is 77.9 Å². The summed E-state index contributed by atoms with van der Waals surface area (Å²) in [6.07, 6.45) is 5.55. The van der Waals surface area contributed by atoms with Crippen LogP contribution in [0.3, 0.4) is 0 Å². The number of nitrogens with one attached hydrogen (secondary N) is 2. The zero-order chi connectivity index (χ0) is 23.0. The quantitative estimate of drug-likeness (QED) is 0.579. The number of halogens is 1. The second kappa shape index (κ2) is 8.72. The Morgan fingerprint density at radius 3 is 2.61 bits per heavy atom. The van der Waals surface area contributed by atoms with E-state index in [0.717, 1.165) is 12.0 Å². The van der Waals surface area contributed by atoms with Crippen LogP contribution in [0.1, 0.15) is 41.1 Å². The van der Waals surface area contributed by atoms with E-state index < -0.39 is 9.84 Å². The molecule has 9 heteroatoms. The Kier molecular flexibility index (Phi) is 5.76. The zero-order valence-electron chi connectivity index (χ0n) is 17.9. The lowest BCUT2D eigenvalue weighted by molar-refractivity contribution is 0.102. The van der Waals surface area contributed by atoms with Gasteiger partial charge in [-0.25, -0.2) is 17.5 Å². The lowest BCUT2D eigenvalue weighted by Crippen LogP contribution is -2.39. The largest absolute Gasteiger partial charge is 0.319 e. The van der Waals surface area contributed by atoms with Crippen LogP contribution < -0.4 is 10.6 Å². The molecule has 172 valence electrons. The van der Waals surface area contributed by atoms with Gasteiger partial charge in [-0.3, -0.25) is 4.79 Å². The summed E-state index contributed by atoms with van der Waals surface area (Å²) < 4.78 is 37.9. The van der Waals surface area contributed by atoms with E-state index in [-0.39, 0.29) is 29.3 Å². The Labute approximate surface area is 191 Å². The smallest absolute Gasteiger partial charge is 0.255 e. The van der Waals surface area contributed by atoms with Gasteiger partial charge in [0.2, 0.25) is 0 Å². The van der Waals surface area contributed by atoms with Gasteiger partial charge in [-0.15, -0.1) is 0 Å². The van der Waals surface area contributed by atoms with Crippen molar-refractivity contribution >= 4 is 21.4 Å². The van der Waals surface area contributed by atoms with Gasteiger partial charge < -0.3 is 10.6 Å². The standard InChI is InChI=1S/C24H25FN4O3S/c25-18-4-6-21(7-5-18)29-15-20(14-26-29)28-24(30)17-3-1-2-16(12-17)22-13-23(22)27-19-8-10-33(31,32)11-9-19/h1-7,12,14-15,19,22-23,27H,8-11,13H2,(H,28,30)/t22-,23+/m0/s1. The highest BCUT2D eigenvalue weighted by atomic mass is 32.2. The number of anilines is 1. The molecule has 1 saturated carbocycles. The Morgan fingerprint density at radius 1 is 1.09 bits per heavy atom. The van der Waals surface area contributed by atoms with Crippen LogP contribution in [0, 0.1) is 5.82 Å². The van der Waals surface area contributed by atoms with Gasteiger partial charge in [-0.1, -0.05) is 12.1 Å². The maximum atomic E-state index is 13.1. The summed E-state index contributed by atoms with van der Waals surface area (Å²) in [6.45, 7) is 0. The maximum Gasteiger partial charge on any atom is 0.255 e. The number of amides is 1. The molecule has 1 aromatic heterocycles. The third-order valence-corrected chi connectivity index (χ3v) is 8.02. The van der Waals surface area contributed by atoms with Crippen molar-refractivity contribution in [1.82, 2.24) is 15.1 Å². The molecular weight excluding hydrogens is 443 g/mol. The minimum atomic E-state index is -2.86. The van der Waals surface area contributed by atoms with Gasteiger partial charge >= 0.3 is 0 Å². The number of nitrogens with zero attached hydrogens (tertiary/aromatic N) is 2. The molecule has 2 atom stereocenters. The predicted molar refractivity (Wildman–Crippen MR) is 124 cm³/mol. The number of aromatic nitrogens is 2. The minimum absolute atomic E-state index is 0.224. The van der Waals surface area contributed by atoms with Gasteiger partial charge in [0.1, 0.15) is 15.7 Å². The summed E-state index contributed by atoms with van der Waals surface area (Å²) in [7, 11) is -2.86. The van der Waals surface area contributed by atoms with E-state index >= 15 is 0 Å². The average molecular weight is 469 g/mol. The first-order chi connectivity index (χ1) is 15.9. The summed E-state index contributed by atoms with van der Waals surface area (Å²) >= 11 is 0. The molecule has 2 N–H and O–H groups in total. The third-order valence-electron chi connectivity index (χ3n) is 6.30. The van der Waals surface area contributed by atoms with Crippen LogP contribution in [-0.4, -0.2) is 47.7 Å². The molecule has 33 heavy (non-hydrogen) atoms. The number of carbonyl (C=O) groups is 1. The van der Waals surface area contributed by atoms with Crippen LogP contribution in [0.2, 0.25) is 0 Å². The number of benzene rings is 2. The third kappa shape index (κ3) is 5.15. The number of sulfone groups is 1. The monoisotopic (exact) mass is 468 g/mol. The summed E-state index contributed by atoms with van der Waals surface area (Å²) in [4.78, 5) is 12.8. The fourth-order valence-corrected chi connectivity index (χ4v) is 5.83. The fourth-order valence-electron chi connectivity index (χ4n) is 4.34. The first-order valence-electron chi connectivity index (χ1n) is 11.0. The van der Waals surface area contributed by atoms with Crippen molar-refractivity contribution in [2.45, 2.75) is 37.3 Å². The Hall–Kier alpha value is -3.04. The average Bonchev–Trinajstić information content (AvgIpc) is 3.42. The SMILES string of the molecule is O=C(Nc1cnn(-c2ccc(F)cc2)c1)c1cccc([C@@H]2C[C@H]2NC2CCS(=O)(=O)CC2)c1. The lowest BCUT2D eigenvalue weighted by atomic mass is 10.1. The van der Waals surface area contributed by atoms with E-state index in [1.165, 1.54) is 12.1 Å². The molecule has 2 fully saturated rings. The molecule has 1 aliphatic heterocycles. The van der Waals surface area contributed by atoms with E-state index in [2.05, 4.69) is 15.7 Å². The van der Waals surface area contributed by atoms with Crippen LogP contribution in [0.5, 0.6) is 0 Å². The number of carbonyl (C=O) groups excluding carboxylic acids is 1. The zero-order valence-corrected chi connectivity index (χ0v) is 18.8. The molecule has 0 spiro atoms. The topological polar surface area (TPSA) is 93.1 Å². The lowest BCUT2D eigenvalue weighted by Gasteiger charge is -2.23. The van der Waals surface area contributed by atoms with Crippen LogP contribution >= 0.6 is 0 Å². The summed E-state index contributed by atoms with van der Waals surface area (Å²) in [5.41, 5.74) is 2.91. The molecule has 1 amide bonds. The van der Waals surface area contributed by atoms with Crippen LogP contribution in [-0.2, 0) is 9.84 Å². The van der Waals surface area contributed by atoms with Crippen molar-refractivity contribution in [2.75, 3.05) is 16.8 Å². The molecule has 7 nitrogen and oxygen atoms in total. The van der Waals surface area contributed by atoms with E-state index in [0.29, 0.717) is 41.7 Å². The van der Waals surface area contributed by atoms with Crippen LogP contribution in [0.15, 0.2) is 60.9 Å². The van der Waals surface area contributed by atoms with Crippen LogP contribution in [0.4, 0.5) is 10.1 Å². The highest BCUT2D eigenvalue weighted by molar-refractivity contribution is 7.91. The first kappa shape index (κ1) is 21.8. The van der Waals surface area contributed by atoms with Crippen LogP contribution in [0.25, 0.3) is 5.69 Å². The molecule has 1 saturated heterocycles. The van der Waals surface area contributed by atoms with Crippen molar-refractivity contribution in [2.24, 2.45) is 0 Å². The molecule has 1 aliphatic carbocycles. The molecule has 0 unspecified atom stereocenters. The molecule has 0 radical (unpaired) electrons. The molecule has 3 aromatic rings. The van der Waals surface area contributed by atoms with Gasteiger partial charge in [0.25, 0.3) is 5.91 Å². The van der Waals surface area contributed by atoms with E-state index in [4.69, 9.17) is 0 Å². The van der Waals surface area contributed by atoms with E-state index in [1.807, 2.05) is 18.2 Å². The van der Waals surface area contributed by atoms with Crippen molar-refractivity contribution in [3.63, 3.8) is 0 Å². The summed E-state index contributed by atoms with van der Waals surface area (Å²) in [5.74, 6) is 0.306. The van der Waals surface area contributed by atoms with Gasteiger partial charge in [0.05, 0.1) is 35.3 Å². The molecule has 2 aliphatic rings. The maximum absolute atomic E-state index is 13.1. The summed E-state index contributed by atoms with van der Waals surface area (Å²) in [5, 5.41) is 10.7.